The van der Waals surface area contributed by atoms with E-state index in [0.717, 1.165) is 11.3 Å². The molecule has 4 heterocycles. The van der Waals surface area contributed by atoms with Crippen molar-refractivity contribution in [2.24, 2.45) is 17.8 Å². The third kappa shape index (κ3) is 13.8. The summed E-state index contributed by atoms with van der Waals surface area (Å²) in [6.07, 6.45) is 2.31. The van der Waals surface area contributed by atoms with Crippen LogP contribution in [0.5, 0.6) is 0 Å². The number of hydrogen-bond donors (Lipinski definition) is 3. The Kier molecular flexibility index (Phi) is 25.0. The molecule has 3 fully saturated rings. The maximum Gasteiger partial charge on any atom is 0.410 e. The Labute approximate surface area is 398 Å². The molecule has 380 valence electrons. The molecule has 16 nitrogen and oxygen atoms in total. The van der Waals surface area contributed by atoms with Gasteiger partial charge in [-0.15, -0.1) is 11.7 Å². The number of unbranched alkanes of at least 4 members (excludes halogenated alkanes) is 1. The SMILES string of the molecule is C.C.C.C.C.C=CC[C@H]1NC[C@H](C)C[C@@](C)(OC)[C@H](O[C@@H]2OC(C)CC(N(C)C)C2O)[C@@H](C)C(=O)[C@@H](C)C(=O)O[C@H](CC)[C@@]2(C)OC(=O)N(CCCCn3cc(-c4cccc(N)c4)nn3)[C@H]12. The first-order valence-electron chi connectivity index (χ1n) is 21.9. The minimum atomic E-state index is -1.28. The lowest BCUT2D eigenvalue weighted by Crippen LogP contribution is -2.61. The summed E-state index contributed by atoms with van der Waals surface area (Å²) in [6.45, 7) is 18.4. The molecule has 0 spiro atoms. The summed E-state index contributed by atoms with van der Waals surface area (Å²) in [6, 6.07) is 6.33. The van der Waals surface area contributed by atoms with Gasteiger partial charge in [0.05, 0.1) is 30.0 Å². The molecule has 4 N–H and O–H groups in total. The van der Waals surface area contributed by atoms with Gasteiger partial charge in [0.2, 0.25) is 0 Å². The fraction of sp³-hybridized carbons (Fsp3) is 0.740. The van der Waals surface area contributed by atoms with E-state index in [1.165, 1.54) is 6.92 Å². The van der Waals surface area contributed by atoms with Gasteiger partial charge < -0.3 is 44.7 Å². The fourth-order valence-electron chi connectivity index (χ4n) is 9.66. The summed E-state index contributed by atoms with van der Waals surface area (Å²) < 4.78 is 33.5. The van der Waals surface area contributed by atoms with Crippen molar-refractivity contribution in [2.45, 2.75) is 191 Å². The lowest BCUT2D eigenvalue weighted by molar-refractivity contribution is -0.295. The van der Waals surface area contributed by atoms with Gasteiger partial charge in [-0.1, -0.05) is 81.3 Å². The molecular formula is C50H91N7O9. The van der Waals surface area contributed by atoms with Crippen LogP contribution in [-0.2, 0) is 39.8 Å². The number of ketones is 1. The predicted molar refractivity (Wildman–Crippen MR) is 265 cm³/mol. The van der Waals surface area contributed by atoms with E-state index < -0.39 is 71.5 Å². The van der Waals surface area contributed by atoms with E-state index in [0.29, 0.717) is 63.8 Å². The Morgan fingerprint density at radius 2 is 1.73 bits per heavy atom. The topological polar surface area (TPSA) is 193 Å². The van der Waals surface area contributed by atoms with E-state index in [2.05, 4.69) is 29.1 Å². The molecule has 0 bridgehead atoms. The zero-order valence-electron chi connectivity index (χ0n) is 37.9. The highest BCUT2D eigenvalue weighted by Gasteiger charge is 2.59. The average Bonchev–Trinajstić information content (AvgIpc) is 3.80. The number of amides is 1. The summed E-state index contributed by atoms with van der Waals surface area (Å²) in [4.78, 5) is 46.3. The number of nitrogens with two attached hydrogens (primary N) is 1. The van der Waals surface area contributed by atoms with Crippen molar-refractivity contribution in [1.29, 1.82) is 0 Å². The smallest absolute Gasteiger partial charge is 0.410 e. The zero-order chi connectivity index (χ0) is 44.8. The van der Waals surface area contributed by atoms with Crippen LogP contribution >= 0.6 is 0 Å². The molecule has 2 aromatic rings. The number of hydrogen-bond acceptors (Lipinski definition) is 14. The molecule has 3 aliphatic rings. The molecule has 13 atom stereocenters. The first kappa shape index (κ1) is 62.1. The van der Waals surface area contributed by atoms with E-state index in [1.54, 1.807) is 23.6 Å². The van der Waals surface area contributed by atoms with Crippen molar-refractivity contribution in [3.8, 4) is 11.3 Å². The van der Waals surface area contributed by atoms with Gasteiger partial charge in [0.25, 0.3) is 0 Å². The highest BCUT2D eigenvalue weighted by molar-refractivity contribution is 6.00. The maximum atomic E-state index is 14.4. The molecule has 3 aliphatic heterocycles. The first-order chi connectivity index (χ1) is 28.9. The quantitative estimate of drug-likeness (QED) is 0.0575. The lowest BCUT2D eigenvalue weighted by atomic mass is 9.78. The van der Waals surface area contributed by atoms with E-state index in [-0.39, 0.29) is 61.2 Å². The van der Waals surface area contributed by atoms with Gasteiger partial charge in [0, 0.05) is 49.5 Å². The van der Waals surface area contributed by atoms with Crippen molar-refractivity contribution in [3.05, 3.63) is 43.1 Å². The second-order valence-electron chi connectivity index (χ2n) is 18.1. The Morgan fingerprint density at radius 1 is 1.06 bits per heavy atom. The molecule has 3 saturated heterocycles. The van der Waals surface area contributed by atoms with Crippen molar-refractivity contribution in [1.82, 2.24) is 30.1 Å². The number of nitrogens with one attached hydrogen (secondary N) is 1. The summed E-state index contributed by atoms with van der Waals surface area (Å²) in [7, 11) is 5.39. The van der Waals surface area contributed by atoms with E-state index in [9.17, 15) is 19.5 Å². The number of fused-ring (bicyclic) bond motifs is 1. The van der Waals surface area contributed by atoms with Crippen molar-refractivity contribution >= 4 is 23.5 Å². The highest BCUT2D eigenvalue weighted by atomic mass is 16.7. The number of aromatic nitrogens is 3. The van der Waals surface area contributed by atoms with Gasteiger partial charge in [-0.25, -0.2) is 4.79 Å². The Balaban J connectivity index is 0.00000845. The van der Waals surface area contributed by atoms with Crippen LogP contribution in [0.2, 0.25) is 0 Å². The summed E-state index contributed by atoms with van der Waals surface area (Å²) in [5.74, 6) is -3.25. The number of esters is 1. The number of aliphatic hydroxyl groups excluding tert-OH is 1. The summed E-state index contributed by atoms with van der Waals surface area (Å²) >= 11 is 0. The predicted octanol–water partition coefficient (Wildman–Crippen LogP) is 8.02. The molecule has 5 rings (SSSR count). The number of nitrogen functional groups attached to an aromatic ring is 1. The molecule has 66 heavy (non-hydrogen) atoms. The molecule has 0 radical (unpaired) electrons. The van der Waals surface area contributed by atoms with Crippen LogP contribution in [0.15, 0.2) is 43.1 Å². The molecule has 3 unspecified atom stereocenters. The zero-order valence-corrected chi connectivity index (χ0v) is 37.9. The van der Waals surface area contributed by atoms with Crippen molar-refractivity contribution in [2.75, 3.05) is 40.0 Å². The monoisotopic (exact) mass is 934 g/mol. The molecule has 1 aromatic carbocycles. The van der Waals surface area contributed by atoms with Crippen LogP contribution < -0.4 is 11.1 Å². The lowest BCUT2D eigenvalue weighted by Gasteiger charge is -2.46. The Morgan fingerprint density at radius 3 is 2.33 bits per heavy atom. The van der Waals surface area contributed by atoms with Crippen molar-refractivity contribution in [3.63, 3.8) is 0 Å². The van der Waals surface area contributed by atoms with Gasteiger partial charge >= 0.3 is 12.1 Å². The molecular weight excluding hydrogens is 843 g/mol. The number of carbonyl (C=O) groups excluding carboxylic acids is 3. The van der Waals surface area contributed by atoms with Crippen molar-refractivity contribution < 1.29 is 43.2 Å². The number of rotatable bonds is 13. The summed E-state index contributed by atoms with van der Waals surface area (Å²) in [5, 5.41) is 23.9. The van der Waals surface area contributed by atoms with E-state index in [1.807, 2.05) is 83.2 Å². The fourth-order valence-corrected chi connectivity index (χ4v) is 9.66. The first-order valence-corrected chi connectivity index (χ1v) is 21.9. The Bertz CT molecular complexity index is 1810. The number of cyclic esters (lactones) is 1. The Hall–Kier alpha value is -3.93. The van der Waals surface area contributed by atoms with Gasteiger partial charge in [-0.3, -0.25) is 19.2 Å². The van der Waals surface area contributed by atoms with Gasteiger partial charge in [0.1, 0.15) is 23.8 Å². The van der Waals surface area contributed by atoms with E-state index >= 15 is 0 Å². The number of aliphatic hydroxyl groups is 1. The minimum absolute atomic E-state index is 0. The van der Waals surface area contributed by atoms with Crippen LogP contribution in [0.3, 0.4) is 0 Å². The normalized spacial score (nSPS) is 32.9. The number of nitrogens with zero attached hydrogens (tertiary/aromatic N) is 5. The van der Waals surface area contributed by atoms with Crippen LogP contribution in [0.4, 0.5) is 10.5 Å². The van der Waals surface area contributed by atoms with Gasteiger partial charge in [-0.2, -0.15) is 0 Å². The number of likely N-dealkylation sites (N-methyl/N-ethyl adjacent to an activating group) is 1. The third-order valence-electron chi connectivity index (χ3n) is 13.1. The molecule has 1 aromatic heterocycles. The average molecular weight is 934 g/mol. The number of anilines is 1. The molecule has 16 heteroatoms. The molecule has 0 aliphatic carbocycles. The van der Waals surface area contributed by atoms with Crippen LogP contribution in [0.1, 0.15) is 124 Å². The second-order valence-corrected chi connectivity index (χ2v) is 18.1. The molecule has 1 amide bonds. The number of benzene rings is 1. The van der Waals surface area contributed by atoms with E-state index in [4.69, 9.17) is 29.4 Å². The standard InChI is InChI=1S/C45H71N7O9.5CH4/c1-12-17-33-39-45(8,61-43(56)52(39)21-15-14-20-51-26-34(48-49-51)31-18-16-19-32(46)23-31)36(13-2)59-41(55)30(6)37(53)29(5)40(44(7,57-11)24-27(3)25-47-33)60-42-38(54)35(50(9)10)22-28(4)58-42;;;;;/h12,16,18-19,23,26-30,33,35-36,38-40,42,47,54H,1,13-15,17,20-22,24-25,46H2,2-11H3;5*1H4/t27-,28?,29+,30-,33-,35?,36-,38?,39-,40-,42+,44-,45-;;;;;/m1...../s1. The third-order valence-corrected chi connectivity index (χ3v) is 13.1. The van der Waals surface area contributed by atoms with Gasteiger partial charge in [-0.05, 0) is 105 Å². The minimum Gasteiger partial charge on any atom is -0.458 e. The largest absolute Gasteiger partial charge is 0.458 e. The second kappa shape index (κ2) is 26.6. The number of aryl methyl sites for hydroxylation is 1. The number of ether oxygens (including phenoxy) is 5. The number of methoxy groups -OCH3 is 1. The van der Waals surface area contributed by atoms with Gasteiger partial charge in [0.15, 0.2) is 17.7 Å². The van der Waals surface area contributed by atoms with Crippen LogP contribution in [0.25, 0.3) is 11.3 Å². The number of carbonyl (C=O) groups is 3. The highest BCUT2D eigenvalue weighted by Crippen LogP contribution is 2.41. The molecule has 0 saturated carbocycles. The number of Topliss-reactive ketones (excluding diaryl/α,β-unsaturated/α-hetero) is 1. The van der Waals surface area contributed by atoms with Crippen LogP contribution in [0, 0.1) is 17.8 Å². The van der Waals surface area contributed by atoms with Crippen LogP contribution in [-0.4, -0.2) is 142 Å². The maximum absolute atomic E-state index is 14.4. The summed E-state index contributed by atoms with van der Waals surface area (Å²) in [5.41, 5.74) is 5.88.